The fourth-order valence-electron chi connectivity index (χ4n) is 2.91. The lowest BCUT2D eigenvalue weighted by Crippen LogP contribution is -2.60. The molecule has 6 nitrogen and oxygen atoms in total. The molecule has 124 valence electrons. The largest absolute Gasteiger partial charge is 0.453 e. The first-order valence-corrected chi connectivity index (χ1v) is 7.41. The molecule has 1 aliphatic rings. The Morgan fingerprint density at radius 3 is 2.68 bits per heavy atom. The second-order valence-corrected chi connectivity index (χ2v) is 6.52. The zero-order chi connectivity index (χ0) is 16.4. The SMILES string of the molecule is COCc1ccc(C(=O)N2CC[C@@](O)(COC)C(C)(C)C2)o1. The lowest BCUT2D eigenvalue weighted by atomic mass is 9.70. The van der Waals surface area contributed by atoms with Crippen LogP contribution in [-0.4, -0.2) is 55.4 Å². The molecule has 0 unspecified atom stereocenters. The molecule has 1 amide bonds. The van der Waals surface area contributed by atoms with Gasteiger partial charge in [-0.15, -0.1) is 0 Å². The third kappa shape index (κ3) is 3.19. The number of methoxy groups -OCH3 is 2. The molecule has 1 aromatic rings. The van der Waals surface area contributed by atoms with E-state index in [1.54, 1.807) is 31.3 Å². The molecule has 0 radical (unpaired) electrons. The Hall–Kier alpha value is -1.37. The lowest BCUT2D eigenvalue weighted by Gasteiger charge is -2.49. The maximum absolute atomic E-state index is 12.6. The van der Waals surface area contributed by atoms with Crippen molar-refractivity contribution in [3.05, 3.63) is 23.7 Å². The number of carbonyl (C=O) groups is 1. The molecule has 22 heavy (non-hydrogen) atoms. The number of likely N-dealkylation sites (tertiary alicyclic amines) is 1. The van der Waals surface area contributed by atoms with Gasteiger partial charge in [0, 0.05) is 32.7 Å². The first-order chi connectivity index (χ1) is 10.3. The number of carbonyl (C=O) groups excluding carboxylic acids is 1. The van der Waals surface area contributed by atoms with Gasteiger partial charge in [0.25, 0.3) is 5.91 Å². The maximum Gasteiger partial charge on any atom is 0.289 e. The van der Waals surface area contributed by atoms with Gasteiger partial charge in [0.05, 0.1) is 12.2 Å². The van der Waals surface area contributed by atoms with Gasteiger partial charge in [-0.1, -0.05) is 13.8 Å². The first-order valence-electron chi connectivity index (χ1n) is 7.41. The Kier molecular flexibility index (Phi) is 4.94. The molecule has 0 bridgehead atoms. The molecule has 0 spiro atoms. The van der Waals surface area contributed by atoms with Crippen LogP contribution in [0.2, 0.25) is 0 Å². The highest BCUT2D eigenvalue weighted by molar-refractivity contribution is 5.91. The smallest absolute Gasteiger partial charge is 0.289 e. The maximum atomic E-state index is 12.6. The molecule has 2 heterocycles. The molecular formula is C16H25NO5. The van der Waals surface area contributed by atoms with E-state index < -0.39 is 11.0 Å². The molecular weight excluding hydrogens is 286 g/mol. The summed E-state index contributed by atoms with van der Waals surface area (Å²) >= 11 is 0. The van der Waals surface area contributed by atoms with Crippen LogP contribution in [0.15, 0.2) is 16.5 Å². The van der Waals surface area contributed by atoms with Gasteiger partial charge in [0.15, 0.2) is 5.76 Å². The van der Waals surface area contributed by atoms with E-state index in [9.17, 15) is 9.90 Å². The van der Waals surface area contributed by atoms with Gasteiger partial charge in [0.1, 0.15) is 12.4 Å². The van der Waals surface area contributed by atoms with E-state index in [0.717, 1.165) is 0 Å². The summed E-state index contributed by atoms with van der Waals surface area (Å²) in [6, 6.07) is 3.41. The zero-order valence-electron chi connectivity index (χ0n) is 13.7. The number of ether oxygens (including phenoxy) is 2. The molecule has 1 aliphatic heterocycles. The molecule has 1 atom stereocenters. The van der Waals surface area contributed by atoms with Crippen LogP contribution >= 0.6 is 0 Å². The predicted molar refractivity (Wildman–Crippen MR) is 80.5 cm³/mol. The van der Waals surface area contributed by atoms with Crippen molar-refractivity contribution in [1.29, 1.82) is 0 Å². The van der Waals surface area contributed by atoms with E-state index in [1.807, 2.05) is 13.8 Å². The summed E-state index contributed by atoms with van der Waals surface area (Å²) in [5.74, 6) is 0.771. The van der Waals surface area contributed by atoms with Gasteiger partial charge in [-0.3, -0.25) is 4.79 Å². The van der Waals surface area contributed by atoms with Gasteiger partial charge in [-0.05, 0) is 18.6 Å². The van der Waals surface area contributed by atoms with Crippen LogP contribution in [-0.2, 0) is 16.1 Å². The minimum atomic E-state index is -0.928. The normalized spacial score (nSPS) is 24.5. The molecule has 2 rings (SSSR count). The molecule has 0 aromatic carbocycles. The van der Waals surface area contributed by atoms with Crippen molar-refractivity contribution < 1.29 is 23.8 Å². The van der Waals surface area contributed by atoms with E-state index in [1.165, 1.54) is 0 Å². The monoisotopic (exact) mass is 311 g/mol. The Labute approximate surface area is 131 Å². The average Bonchev–Trinajstić information content (AvgIpc) is 2.90. The van der Waals surface area contributed by atoms with Crippen molar-refractivity contribution in [2.45, 2.75) is 32.5 Å². The topological polar surface area (TPSA) is 72.1 Å². The summed E-state index contributed by atoms with van der Waals surface area (Å²) < 4.78 is 15.6. The number of furan rings is 1. The van der Waals surface area contributed by atoms with E-state index >= 15 is 0 Å². The van der Waals surface area contributed by atoms with Crippen LogP contribution in [0.1, 0.15) is 36.6 Å². The van der Waals surface area contributed by atoms with E-state index in [4.69, 9.17) is 13.9 Å². The second-order valence-electron chi connectivity index (χ2n) is 6.52. The summed E-state index contributed by atoms with van der Waals surface area (Å²) in [5.41, 5.74) is -1.39. The van der Waals surface area contributed by atoms with Crippen LogP contribution in [0.5, 0.6) is 0 Å². The van der Waals surface area contributed by atoms with Crippen LogP contribution in [0.25, 0.3) is 0 Å². The van der Waals surface area contributed by atoms with Crippen molar-refractivity contribution >= 4 is 5.91 Å². The molecule has 1 aromatic heterocycles. The number of aliphatic hydroxyl groups is 1. The quantitative estimate of drug-likeness (QED) is 0.895. The highest BCUT2D eigenvalue weighted by atomic mass is 16.5. The van der Waals surface area contributed by atoms with Crippen LogP contribution < -0.4 is 0 Å². The van der Waals surface area contributed by atoms with Gasteiger partial charge in [-0.25, -0.2) is 0 Å². The van der Waals surface area contributed by atoms with Crippen LogP contribution in [0, 0.1) is 5.41 Å². The molecule has 1 N–H and O–H groups in total. The number of hydrogen-bond acceptors (Lipinski definition) is 5. The average molecular weight is 311 g/mol. The zero-order valence-corrected chi connectivity index (χ0v) is 13.7. The summed E-state index contributed by atoms with van der Waals surface area (Å²) in [6.07, 6.45) is 0.477. The third-order valence-corrected chi connectivity index (χ3v) is 4.47. The summed E-state index contributed by atoms with van der Waals surface area (Å²) in [4.78, 5) is 14.3. The number of amides is 1. The van der Waals surface area contributed by atoms with E-state index in [-0.39, 0.29) is 12.5 Å². The van der Waals surface area contributed by atoms with E-state index in [2.05, 4.69) is 0 Å². The fraction of sp³-hybridized carbons (Fsp3) is 0.688. The molecule has 6 heteroatoms. The van der Waals surface area contributed by atoms with E-state index in [0.29, 0.717) is 37.6 Å². The number of nitrogens with zero attached hydrogens (tertiary/aromatic N) is 1. The number of rotatable bonds is 5. The van der Waals surface area contributed by atoms with Crippen LogP contribution in [0.4, 0.5) is 0 Å². The highest BCUT2D eigenvalue weighted by Gasteiger charge is 2.48. The molecule has 1 fully saturated rings. The molecule has 1 saturated heterocycles. The lowest BCUT2D eigenvalue weighted by molar-refractivity contribution is -0.144. The van der Waals surface area contributed by atoms with Crippen molar-refractivity contribution in [3.8, 4) is 0 Å². The van der Waals surface area contributed by atoms with Crippen molar-refractivity contribution in [2.75, 3.05) is 33.9 Å². The Morgan fingerprint density at radius 1 is 1.36 bits per heavy atom. The van der Waals surface area contributed by atoms with Crippen molar-refractivity contribution in [3.63, 3.8) is 0 Å². The third-order valence-electron chi connectivity index (χ3n) is 4.47. The highest BCUT2D eigenvalue weighted by Crippen LogP contribution is 2.39. The Bertz CT molecular complexity index is 524. The molecule has 0 saturated carbocycles. The minimum absolute atomic E-state index is 0.158. The fourth-order valence-corrected chi connectivity index (χ4v) is 2.91. The van der Waals surface area contributed by atoms with Gasteiger partial charge >= 0.3 is 0 Å². The van der Waals surface area contributed by atoms with Crippen molar-refractivity contribution in [2.24, 2.45) is 5.41 Å². The summed E-state index contributed by atoms with van der Waals surface area (Å²) in [5, 5.41) is 10.7. The second kappa shape index (κ2) is 6.40. The summed E-state index contributed by atoms with van der Waals surface area (Å²) in [6.45, 7) is 5.43. The Balaban J connectivity index is 2.09. The van der Waals surface area contributed by atoms with Crippen LogP contribution in [0.3, 0.4) is 0 Å². The Morgan fingerprint density at radius 2 is 2.09 bits per heavy atom. The minimum Gasteiger partial charge on any atom is -0.453 e. The van der Waals surface area contributed by atoms with Crippen molar-refractivity contribution in [1.82, 2.24) is 4.90 Å². The predicted octanol–water partition coefficient (Wildman–Crippen LogP) is 1.68. The van der Waals surface area contributed by atoms with Gasteiger partial charge < -0.3 is 23.9 Å². The number of hydrogen-bond donors (Lipinski definition) is 1. The van der Waals surface area contributed by atoms with Gasteiger partial charge in [0.2, 0.25) is 0 Å². The first kappa shape index (κ1) is 17.0. The number of piperidine rings is 1. The summed E-state index contributed by atoms with van der Waals surface area (Å²) in [7, 11) is 3.15. The van der Waals surface area contributed by atoms with Gasteiger partial charge in [-0.2, -0.15) is 0 Å². The standard InChI is InChI=1S/C16H25NO5/c1-15(2)10-17(8-7-16(15,19)11-21-4)14(18)13-6-5-12(22-13)9-20-3/h5-6,19H,7-11H2,1-4H3/t16-/m1/s1. The molecule has 0 aliphatic carbocycles.